The minimum Gasteiger partial charge on any atom is -0.367 e. The molecule has 0 aromatic carbocycles. The summed E-state index contributed by atoms with van der Waals surface area (Å²) in [4.78, 5) is 4.53. The minimum atomic E-state index is -0.509. The zero-order valence-electron chi connectivity index (χ0n) is 13.2. The van der Waals surface area contributed by atoms with Gasteiger partial charge in [-0.2, -0.15) is 4.98 Å². The maximum absolute atomic E-state index is 6.20. The van der Waals surface area contributed by atoms with Crippen molar-refractivity contribution in [2.75, 3.05) is 6.61 Å². The quantitative estimate of drug-likeness (QED) is 0.859. The Morgan fingerprint density at radius 2 is 1.74 bits per heavy atom. The van der Waals surface area contributed by atoms with Gasteiger partial charge in [0.25, 0.3) is 0 Å². The lowest BCUT2D eigenvalue weighted by Gasteiger charge is -2.35. The molecular weight excluding hydrogens is 242 g/mol. The van der Waals surface area contributed by atoms with Crippen LogP contribution in [0.4, 0.5) is 0 Å². The van der Waals surface area contributed by atoms with Crippen molar-refractivity contribution in [3.8, 4) is 0 Å². The van der Waals surface area contributed by atoms with Crippen molar-refractivity contribution in [3.63, 3.8) is 0 Å². The highest BCUT2D eigenvalue weighted by atomic mass is 16.5. The van der Waals surface area contributed by atoms with Gasteiger partial charge in [0.2, 0.25) is 11.7 Å². The molecule has 0 aliphatic heterocycles. The van der Waals surface area contributed by atoms with Gasteiger partial charge in [-0.1, -0.05) is 12.1 Å². The van der Waals surface area contributed by atoms with Crippen molar-refractivity contribution in [1.82, 2.24) is 10.1 Å². The number of rotatable bonds is 6. The summed E-state index contributed by atoms with van der Waals surface area (Å²) in [5.74, 6) is 1.14. The van der Waals surface area contributed by atoms with Crippen molar-refractivity contribution in [3.05, 3.63) is 11.7 Å². The molecule has 0 saturated carbocycles. The largest absolute Gasteiger partial charge is 0.367 e. The third kappa shape index (κ3) is 2.98. The first kappa shape index (κ1) is 16.1. The molecular formula is C14H27N3O2. The Hall–Kier alpha value is -0.940. The van der Waals surface area contributed by atoms with Crippen molar-refractivity contribution in [2.24, 2.45) is 5.73 Å². The van der Waals surface area contributed by atoms with E-state index in [1.54, 1.807) is 0 Å². The molecule has 19 heavy (non-hydrogen) atoms. The SMILES string of the molecule is CCOC(C)(CC)c1noc(C(C)(C)C(C)(C)N)n1. The Kier molecular flexibility index (Phi) is 4.42. The fraction of sp³-hybridized carbons (Fsp3) is 0.857. The van der Waals surface area contributed by atoms with Crippen LogP contribution in [0.5, 0.6) is 0 Å². The molecule has 5 nitrogen and oxygen atoms in total. The summed E-state index contributed by atoms with van der Waals surface area (Å²) in [6.45, 7) is 14.5. The summed E-state index contributed by atoms with van der Waals surface area (Å²) in [5, 5.41) is 4.09. The van der Waals surface area contributed by atoms with Crippen molar-refractivity contribution in [1.29, 1.82) is 0 Å². The van der Waals surface area contributed by atoms with Crippen LogP contribution in [0.1, 0.15) is 66.6 Å². The monoisotopic (exact) mass is 269 g/mol. The molecule has 1 heterocycles. The van der Waals surface area contributed by atoms with E-state index in [0.717, 1.165) is 6.42 Å². The smallest absolute Gasteiger partial charge is 0.234 e. The van der Waals surface area contributed by atoms with Crippen LogP contribution in [0.3, 0.4) is 0 Å². The van der Waals surface area contributed by atoms with Crippen LogP contribution in [-0.2, 0) is 15.8 Å². The van der Waals surface area contributed by atoms with Crippen LogP contribution in [0.2, 0.25) is 0 Å². The maximum atomic E-state index is 6.20. The Bertz CT molecular complexity index is 421. The standard InChI is InChI=1S/C14H27N3O2/c1-8-14(7,18-9-2)10-16-11(19-17-10)12(3,4)13(5,6)15/h8-9,15H2,1-7H3. The van der Waals surface area contributed by atoms with Gasteiger partial charge >= 0.3 is 0 Å². The number of nitrogens with two attached hydrogens (primary N) is 1. The molecule has 0 fully saturated rings. The van der Waals surface area contributed by atoms with Crippen molar-refractivity contribution in [2.45, 2.75) is 71.4 Å². The first-order valence-electron chi connectivity index (χ1n) is 6.86. The van der Waals surface area contributed by atoms with Crippen molar-refractivity contribution >= 4 is 0 Å². The van der Waals surface area contributed by atoms with Crippen LogP contribution in [0.15, 0.2) is 4.52 Å². The van der Waals surface area contributed by atoms with Gasteiger partial charge in [-0.15, -0.1) is 0 Å². The second-order valence-corrected chi connectivity index (χ2v) is 6.29. The van der Waals surface area contributed by atoms with Crippen LogP contribution in [-0.4, -0.2) is 22.3 Å². The molecule has 0 bridgehead atoms. The molecule has 1 atom stereocenters. The lowest BCUT2D eigenvalue weighted by molar-refractivity contribution is -0.0403. The van der Waals surface area contributed by atoms with Gasteiger partial charge in [0, 0.05) is 12.1 Å². The molecule has 0 radical (unpaired) electrons. The van der Waals surface area contributed by atoms with Crippen LogP contribution in [0, 0.1) is 0 Å². The fourth-order valence-corrected chi connectivity index (χ4v) is 1.61. The van der Waals surface area contributed by atoms with E-state index in [4.69, 9.17) is 15.0 Å². The molecule has 2 N–H and O–H groups in total. The predicted molar refractivity (Wildman–Crippen MR) is 74.9 cm³/mol. The number of nitrogens with zero attached hydrogens (tertiary/aromatic N) is 2. The Labute approximate surface area is 115 Å². The molecule has 1 aromatic rings. The maximum Gasteiger partial charge on any atom is 0.234 e. The van der Waals surface area contributed by atoms with Gasteiger partial charge in [-0.25, -0.2) is 0 Å². The van der Waals surface area contributed by atoms with Crippen LogP contribution >= 0.6 is 0 Å². The van der Waals surface area contributed by atoms with Crippen LogP contribution < -0.4 is 5.73 Å². The zero-order valence-corrected chi connectivity index (χ0v) is 13.2. The summed E-state index contributed by atoms with van der Waals surface area (Å²) in [7, 11) is 0. The molecule has 5 heteroatoms. The second-order valence-electron chi connectivity index (χ2n) is 6.29. The number of ether oxygens (including phenoxy) is 1. The first-order valence-corrected chi connectivity index (χ1v) is 6.86. The summed E-state index contributed by atoms with van der Waals surface area (Å²) in [5.41, 5.74) is 4.83. The van der Waals surface area contributed by atoms with E-state index < -0.39 is 16.6 Å². The van der Waals surface area contributed by atoms with Gasteiger partial charge < -0.3 is 15.0 Å². The first-order chi connectivity index (χ1) is 8.58. The molecule has 0 aliphatic carbocycles. The fourth-order valence-electron chi connectivity index (χ4n) is 1.61. The van der Waals surface area contributed by atoms with Gasteiger partial charge in [-0.3, -0.25) is 0 Å². The van der Waals surface area contributed by atoms with Gasteiger partial charge in [0.05, 0.1) is 5.41 Å². The zero-order chi connectivity index (χ0) is 14.9. The lowest BCUT2D eigenvalue weighted by atomic mass is 9.75. The summed E-state index contributed by atoms with van der Waals surface area (Å²) < 4.78 is 11.2. The molecule has 0 aliphatic rings. The lowest BCUT2D eigenvalue weighted by Crippen LogP contribution is -2.50. The number of hydrogen-bond donors (Lipinski definition) is 1. The van der Waals surface area contributed by atoms with Crippen LogP contribution in [0.25, 0.3) is 0 Å². The molecule has 1 aromatic heterocycles. The normalized spacial score (nSPS) is 16.4. The second kappa shape index (κ2) is 5.21. The Balaban J connectivity index is 3.13. The van der Waals surface area contributed by atoms with E-state index in [9.17, 15) is 0 Å². The van der Waals surface area contributed by atoms with E-state index in [2.05, 4.69) is 10.1 Å². The average Bonchev–Trinajstić information content (AvgIpc) is 2.78. The van der Waals surface area contributed by atoms with Gasteiger partial charge in [-0.05, 0) is 48.0 Å². The molecule has 0 saturated heterocycles. The van der Waals surface area contributed by atoms with Gasteiger partial charge in [0.15, 0.2) is 0 Å². The third-order valence-corrected chi connectivity index (χ3v) is 4.18. The molecule has 1 unspecified atom stereocenters. The molecule has 110 valence electrons. The third-order valence-electron chi connectivity index (χ3n) is 4.18. The van der Waals surface area contributed by atoms with E-state index in [1.165, 1.54) is 0 Å². The highest BCUT2D eigenvalue weighted by molar-refractivity contribution is 5.12. The highest BCUT2D eigenvalue weighted by Crippen LogP contribution is 2.34. The summed E-state index contributed by atoms with van der Waals surface area (Å²) >= 11 is 0. The minimum absolute atomic E-state index is 0.404. The Morgan fingerprint density at radius 1 is 1.16 bits per heavy atom. The number of aromatic nitrogens is 2. The average molecular weight is 269 g/mol. The predicted octanol–water partition coefficient (Wildman–Crippen LogP) is 2.75. The van der Waals surface area contributed by atoms with E-state index in [0.29, 0.717) is 18.3 Å². The Morgan fingerprint density at radius 3 is 2.16 bits per heavy atom. The molecule has 0 amide bonds. The highest BCUT2D eigenvalue weighted by Gasteiger charge is 2.42. The van der Waals surface area contributed by atoms with Gasteiger partial charge in [0.1, 0.15) is 5.60 Å². The van der Waals surface area contributed by atoms with E-state index in [1.807, 2.05) is 48.5 Å². The molecule has 1 rings (SSSR count). The van der Waals surface area contributed by atoms with E-state index >= 15 is 0 Å². The summed E-state index contributed by atoms with van der Waals surface area (Å²) in [6.07, 6.45) is 0.784. The summed E-state index contributed by atoms with van der Waals surface area (Å²) in [6, 6.07) is 0. The topological polar surface area (TPSA) is 74.2 Å². The molecule has 0 spiro atoms. The number of hydrogen-bond acceptors (Lipinski definition) is 5. The van der Waals surface area contributed by atoms with E-state index in [-0.39, 0.29) is 0 Å². The van der Waals surface area contributed by atoms with Crippen molar-refractivity contribution < 1.29 is 9.26 Å².